The molecule has 0 saturated heterocycles. The first-order valence-corrected chi connectivity index (χ1v) is 12.3. The molecule has 0 atom stereocenters. The molecule has 37 heavy (non-hydrogen) atoms. The van der Waals surface area contributed by atoms with Crippen molar-refractivity contribution in [3.05, 3.63) is 107 Å². The van der Waals surface area contributed by atoms with Gasteiger partial charge >= 0.3 is 6.09 Å². The van der Waals surface area contributed by atoms with Gasteiger partial charge in [0.2, 0.25) is 5.91 Å². The maximum absolute atomic E-state index is 12.9. The molecular weight excluding hydrogens is 488 g/mol. The standard InChI is InChI=1S/C28H24N4O4S/c33-26(30-16-14-22-4-1-2-15-29-22)13-8-19-6-9-20(10-7-19)27(34)31-24-18-21(25-5-3-17-37-25)11-12-23(24)32-28(35)36/h1-13,15,17-18,32H,14,16H2,(H,30,33)(H,31,34)(H,35,36). The maximum atomic E-state index is 12.9. The van der Waals surface area contributed by atoms with Crippen molar-refractivity contribution in [1.82, 2.24) is 10.3 Å². The van der Waals surface area contributed by atoms with Crippen LogP contribution in [0, 0.1) is 0 Å². The lowest BCUT2D eigenvalue weighted by molar-refractivity contribution is -0.116. The highest BCUT2D eigenvalue weighted by Gasteiger charge is 2.13. The first-order valence-electron chi connectivity index (χ1n) is 11.4. The zero-order chi connectivity index (χ0) is 26.0. The number of hydrogen-bond donors (Lipinski definition) is 4. The number of thiophene rings is 1. The third-order valence-corrected chi connectivity index (χ3v) is 6.24. The minimum atomic E-state index is -1.23. The number of rotatable bonds is 9. The van der Waals surface area contributed by atoms with E-state index >= 15 is 0 Å². The number of hydrogen-bond acceptors (Lipinski definition) is 5. The summed E-state index contributed by atoms with van der Waals surface area (Å²) in [5.41, 5.74) is 3.54. The Morgan fingerprint density at radius 1 is 0.919 bits per heavy atom. The van der Waals surface area contributed by atoms with Gasteiger partial charge < -0.3 is 15.7 Å². The van der Waals surface area contributed by atoms with Crippen molar-refractivity contribution < 1.29 is 19.5 Å². The summed E-state index contributed by atoms with van der Waals surface area (Å²) in [6.45, 7) is 0.478. The van der Waals surface area contributed by atoms with Crippen LogP contribution in [0.5, 0.6) is 0 Å². The second-order valence-corrected chi connectivity index (χ2v) is 8.89. The van der Waals surface area contributed by atoms with Crippen molar-refractivity contribution in [3.63, 3.8) is 0 Å². The van der Waals surface area contributed by atoms with Crippen molar-refractivity contribution in [2.45, 2.75) is 6.42 Å². The van der Waals surface area contributed by atoms with Crippen molar-refractivity contribution in [1.29, 1.82) is 0 Å². The van der Waals surface area contributed by atoms with E-state index in [1.807, 2.05) is 35.7 Å². The third-order valence-electron chi connectivity index (χ3n) is 5.32. The maximum Gasteiger partial charge on any atom is 0.409 e. The van der Waals surface area contributed by atoms with Crippen LogP contribution in [0.25, 0.3) is 16.5 Å². The summed E-state index contributed by atoms with van der Waals surface area (Å²) < 4.78 is 0. The lowest BCUT2D eigenvalue weighted by Crippen LogP contribution is -2.23. The molecule has 4 aromatic rings. The summed E-state index contributed by atoms with van der Waals surface area (Å²) in [5, 5.41) is 19.0. The summed E-state index contributed by atoms with van der Waals surface area (Å²) >= 11 is 1.54. The Kier molecular flexibility index (Phi) is 8.41. The van der Waals surface area contributed by atoms with E-state index in [0.29, 0.717) is 24.2 Å². The minimum absolute atomic E-state index is 0.221. The van der Waals surface area contributed by atoms with Crippen molar-refractivity contribution in [2.75, 3.05) is 17.2 Å². The van der Waals surface area contributed by atoms with E-state index in [9.17, 15) is 14.4 Å². The zero-order valence-electron chi connectivity index (χ0n) is 19.7. The number of nitrogens with one attached hydrogen (secondary N) is 3. The number of anilines is 2. The predicted molar refractivity (Wildman–Crippen MR) is 146 cm³/mol. The molecule has 4 N–H and O–H groups in total. The van der Waals surface area contributed by atoms with Crippen molar-refractivity contribution >= 4 is 46.7 Å². The fourth-order valence-corrected chi connectivity index (χ4v) is 4.22. The molecule has 186 valence electrons. The van der Waals surface area contributed by atoms with Gasteiger partial charge in [0.25, 0.3) is 5.91 Å². The third kappa shape index (κ3) is 7.36. The molecule has 0 aliphatic carbocycles. The van der Waals surface area contributed by atoms with E-state index < -0.39 is 6.09 Å². The van der Waals surface area contributed by atoms with Gasteiger partial charge in [0.1, 0.15) is 0 Å². The number of pyridine rings is 1. The molecule has 0 radical (unpaired) electrons. The Balaban J connectivity index is 1.37. The van der Waals surface area contributed by atoms with Crippen LogP contribution >= 0.6 is 11.3 Å². The monoisotopic (exact) mass is 512 g/mol. The number of aromatic nitrogens is 1. The van der Waals surface area contributed by atoms with Gasteiger partial charge in [0, 0.05) is 41.4 Å². The van der Waals surface area contributed by atoms with E-state index in [-0.39, 0.29) is 17.5 Å². The number of carbonyl (C=O) groups excluding carboxylic acids is 2. The van der Waals surface area contributed by atoms with E-state index in [2.05, 4.69) is 20.9 Å². The quantitative estimate of drug-likeness (QED) is 0.220. The van der Waals surface area contributed by atoms with Gasteiger partial charge in [-0.1, -0.05) is 30.3 Å². The molecule has 0 aliphatic rings. The Labute approximate surface area is 217 Å². The van der Waals surface area contributed by atoms with E-state index in [1.165, 1.54) is 6.08 Å². The zero-order valence-corrected chi connectivity index (χ0v) is 20.5. The molecular formula is C28H24N4O4S. The second-order valence-electron chi connectivity index (χ2n) is 7.94. The Bertz CT molecular complexity index is 1400. The molecule has 2 aromatic heterocycles. The van der Waals surface area contributed by atoms with E-state index in [4.69, 9.17) is 5.11 Å². The first-order chi connectivity index (χ1) is 18.0. The largest absolute Gasteiger partial charge is 0.465 e. The fraction of sp³-hybridized carbons (Fsp3) is 0.0714. The van der Waals surface area contributed by atoms with E-state index in [0.717, 1.165) is 21.7 Å². The number of carboxylic acid groups (broad SMARTS) is 1. The highest BCUT2D eigenvalue weighted by Crippen LogP contribution is 2.32. The molecule has 3 amide bonds. The molecule has 0 fully saturated rings. The van der Waals surface area contributed by atoms with Crippen LogP contribution in [0.1, 0.15) is 21.6 Å². The van der Waals surface area contributed by atoms with Gasteiger partial charge in [-0.15, -0.1) is 11.3 Å². The van der Waals surface area contributed by atoms with Gasteiger partial charge in [-0.2, -0.15) is 0 Å². The average Bonchev–Trinajstić information content (AvgIpc) is 3.44. The van der Waals surface area contributed by atoms with Gasteiger partial charge in [0.05, 0.1) is 11.4 Å². The molecule has 0 unspecified atom stereocenters. The highest BCUT2D eigenvalue weighted by atomic mass is 32.1. The number of carbonyl (C=O) groups is 3. The number of amides is 3. The van der Waals surface area contributed by atoms with Gasteiger partial charge in [-0.05, 0) is 65.0 Å². The molecule has 0 aliphatic heterocycles. The average molecular weight is 513 g/mol. The highest BCUT2D eigenvalue weighted by molar-refractivity contribution is 7.13. The van der Waals surface area contributed by atoms with Gasteiger partial charge in [-0.25, -0.2) is 4.79 Å². The summed E-state index contributed by atoms with van der Waals surface area (Å²) in [5.74, 6) is -0.610. The number of nitrogens with zero attached hydrogens (tertiary/aromatic N) is 1. The molecule has 8 nitrogen and oxygen atoms in total. The summed E-state index contributed by atoms with van der Waals surface area (Å²) in [6.07, 6.45) is 4.24. The van der Waals surface area contributed by atoms with Crippen LogP contribution in [0.4, 0.5) is 16.2 Å². The van der Waals surface area contributed by atoms with Crippen LogP contribution in [-0.4, -0.2) is 34.5 Å². The number of benzene rings is 2. The van der Waals surface area contributed by atoms with Gasteiger partial charge in [0.15, 0.2) is 0 Å². The lowest BCUT2D eigenvalue weighted by Gasteiger charge is -2.13. The minimum Gasteiger partial charge on any atom is -0.465 e. The van der Waals surface area contributed by atoms with Crippen molar-refractivity contribution in [2.24, 2.45) is 0 Å². The summed E-state index contributed by atoms with van der Waals surface area (Å²) in [4.78, 5) is 41.4. The Morgan fingerprint density at radius 2 is 1.76 bits per heavy atom. The SMILES string of the molecule is O=C(O)Nc1ccc(-c2cccs2)cc1NC(=O)c1ccc(C=CC(=O)NCCc2ccccn2)cc1. The summed E-state index contributed by atoms with van der Waals surface area (Å²) in [6, 6.07) is 21.4. The molecule has 0 saturated carbocycles. The Hall–Kier alpha value is -4.76. The van der Waals surface area contributed by atoms with Crippen LogP contribution in [0.15, 0.2) is 90.4 Å². The second kappa shape index (κ2) is 12.3. The summed E-state index contributed by atoms with van der Waals surface area (Å²) in [7, 11) is 0. The van der Waals surface area contributed by atoms with Crippen LogP contribution in [0.2, 0.25) is 0 Å². The van der Waals surface area contributed by atoms with E-state index in [1.54, 1.807) is 66.1 Å². The normalized spacial score (nSPS) is 10.7. The topological polar surface area (TPSA) is 120 Å². The predicted octanol–water partition coefficient (Wildman–Crippen LogP) is 5.52. The molecule has 2 heterocycles. The molecule has 0 spiro atoms. The molecule has 9 heteroatoms. The van der Waals surface area contributed by atoms with Crippen molar-refractivity contribution in [3.8, 4) is 10.4 Å². The molecule has 2 aromatic carbocycles. The lowest BCUT2D eigenvalue weighted by atomic mass is 10.1. The molecule has 4 rings (SSSR count). The molecule has 0 bridgehead atoms. The van der Waals surface area contributed by atoms with Crippen LogP contribution in [-0.2, 0) is 11.2 Å². The smallest absolute Gasteiger partial charge is 0.409 e. The van der Waals surface area contributed by atoms with Crippen LogP contribution in [0.3, 0.4) is 0 Å². The fourth-order valence-electron chi connectivity index (χ4n) is 3.50. The van der Waals surface area contributed by atoms with Crippen LogP contribution < -0.4 is 16.0 Å². The first kappa shape index (κ1) is 25.3. The Morgan fingerprint density at radius 3 is 2.46 bits per heavy atom. The van der Waals surface area contributed by atoms with Gasteiger partial charge in [-0.3, -0.25) is 19.9 Å².